The van der Waals surface area contributed by atoms with Crippen molar-refractivity contribution in [1.82, 2.24) is 14.1 Å². The molecule has 140 valence electrons. The Bertz CT molecular complexity index is 1050. The number of likely N-dealkylation sites (tertiary alicyclic amines) is 1. The third kappa shape index (κ3) is 3.26. The molecule has 1 aliphatic rings. The Labute approximate surface area is 157 Å². The summed E-state index contributed by atoms with van der Waals surface area (Å²) in [7, 11) is 2.06. The maximum atomic E-state index is 12.9. The summed E-state index contributed by atoms with van der Waals surface area (Å²) >= 11 is 0. The molecule has 1 aromatic carbocycles. The number of rotatable bonds is 5. The Kier molecular flexibility index (Phi) is 4.53. The molecule has 0 saturated carbocycles. The average Bonchev–Trinajstić information content (AvgIpc) is 3.26. The van der Waals surface area contributed by atoms with Gasteiger partial charge in [-0.05, 0) is 24.3 Å². The van der Waals surface area contributed by atoms with Crippen LogP contribution in [-0.4, -0.2) is 26.6 Å². The third-order valence-electron chi connectivity index (χ3n) is 5.46. The predicted molar refractivity (Wildman–Crippen MR) is 102 cm³/mol. The fraction of sp³-hybridized carbons (Fsp3) is 0.350. The van der Waals surface area contributed by atoms with Gasteiger partial charge in [0, 0.05) is 26.1 Å². The van der Waals surface area contributed by atoms with Crippen LogP contribution >= 0.6 is 0 Å². The lowest BCUT2D eigenvalue weighted by Crippen LogP contribution is -3.09. The largest absolute Gasteiger partial charge is 0.368 e. The van der Waals surface area contributed by atoms with E-state index >= 15 is 0 Å². The number of aryl methyl sites for hydroxylation is 1. The lowest BCUT2D eigenvalue weighted by atomic mass is 10.1. The molecule has 2 atom stereocenters. The minimum absolute atomic E-state index is 0.145. The number of carbonyl (C=O) groups is 1. The van der Waals surface area contributed by atoms with Gasteiger partial charge in [-0.15, -0.1) is 0 Å². The van der Waals surface area contributed by atoms with Crippen LogP contribution in [0, 0.1) is 0 Å². The average molecular weight is 366 g/mol. The van der Waals surface area contributed by atoms with E-state index in [2.05, 4.69) is 29.9 Å². The van der Waals surface area contributed by atoms with Crippen LogP contribution in [-0.2, 0) is 24.9 Å². The monoisotopic (exact) mass is 366 g/mol. The molecule has 1 unspecified atom stereocenters. The summed E-state index contributed by atoms with van der Waals surface area (Å²) in [6, 6.07) is 11.8. The van der Waals surface area contributed by atoms with Crippen LogP contribution < -0.4 is 16.2 Å². The second-order valence-electron chi connectivity index (χ2n) is 7.23. The molecule has 0 aliphatic carbocycles. The van der Waals surface area contributed by atoms with Gasteiger partial charge in [0.1, 0.15) is 19.1 Å². The van der Waals surface area contributed by atoms with Crippen LogP contribution in [0.3, 0.4) is 0 Å². The zero-order valence-electron chi connectivity index (χ0n) is 15.4. The second kappa shape index (κ2) is 7.00. The molecule has 0 spiro atoms. The topological polar surface area (TPSA) is 87.3 Å². The standard InChI is InChI=1S/C20H23N5O2/c1-23-10-4-8-16(23)17-9-5-11-24(17)13-19-22-15-7-3-2-6-14(15)20(27)25(19)12-18(21)26/h2-4,6-8,10,17H,5,9,11-13H2,1H3,(H2,21,26)/p+1/t17-/m0/s1. The summed E-state index contributed by atoms with van der Waals surface area (Å²) in [6.07, 6.45) is 4.28. The number of quaternary nitrogens is 1. The van der Waals surface area contributed by atoms with Crippen LogP contribution in [0.2, 0.25) is 0 Å². The third-order valence-corrected chi connectivity index (χ3v) is 5.46. The molecule has 2 aromatic heterocycles. The van der Waals surface area contributed by atoms with E-state index in [1.165, 1.54) is 15.2 Å². The Morgan fingerprint density at radius 3 is 2.85 bits per heavy atom. The van der Waals surface area contributed by atoms with Crippen molar-refractivity contribution in [3.8, 4) is 0 Å². The molecule has 0 radical (unpaired) electrons. The molecule has 0 bridgehead atoms. The number of benzene rings is 1. The second-order valence-corrected chi connectivity index (χ2v) is 7.23. The van der Waals surface area contributed by atoms with Gasteiger partial charge in [-0.3, -0.25) is 14.2 Å². The highest BCUT2D eigenvalue weighted by atomic mass is 16.2. The van der Waals surface area contributed by atoms with Crippen molar-refractivity contribution in [3.05, 3.63) is 64.5 Å². The molecule has 27 heavy (non-hydrogen) atoms. The van der Waals surface area contributed by atoms with Crippen LogP contribution in [0.5, 0.6) is 0 Å². The quantitative estimate of drug-likeness (QED) is 0.673. The van der Waals surface area contributed by atoms with Crippen molar-refractivity contribution in [2.75, 3.05) is 6.54 Å². The van der Waals surface area contributed by atoms with Gasteiger partial charge in [0.25, 0.3) is 5.56 Å². The molecule has 7 nitrogen and oxygen atoms in total. The molecule has 1 fully saturated rings. The van der Waals surface area contributed by atoms with Crippen molar-refractivity contribution < 1.29 is 9.69 Å². The molecule has 1 saturated heterocycles. The predicted octanol–water partition coefficient (Wildman–Crippen LogP) is 0.140. The Balaban J connectivity index is 1.75. The SMILES string of the molecule is Cn1cccc1[C@@H]1CCC[NH+]1Cc1nc2ccccc2c(=O)n1CC(N)=O. The number of para-hydroxylation sites is 1. The maximum Gasteiger partial charge on any atom is 0.262 e. The van der Waals surface area contributed by atoms with Crippen LogP contribution in [0.15, 0.2) is 47.4 Å². The fourth-order valence-corrected chi connectivity index (χ4v) is 4.19. The zero-order chi connectivity index (χ0) is 19.0. The number of hydrogen-bond donors (Lipinski definition) is 2. The molecule has 3 N–H and O–H groups in total. The van der Waals surface area contributed by atoms with Crippen molar-refractivity contribution in [1.29, 1.82) is 0 Å². The molecular weight excluding hydrogens is 342 g/mol. The first-order valence-electron chi connectivity index (χ1n) is 9.27. The van der Waals surface area contributed by atoms with Crippen LogP contribution in [0.4, 0.5) is 0 Å². The Morgan fingerprint density at radius 2 is 2.11 bits per heavy atom. The van der Waals surface area contributed by atoms with E-state index in [0.29, 0.717) is 29.3 Å². The number of primary amides is 1. The normalized spacial score (nSPS) is 19.6. The van der Waals surface area contributed by atoms with Crippen molar-refractivity contribution in [3.63, 3.8) is 0 Å². The summed E-state index contributed by atoms with van der Waals surface area (Å²) in [5.41, 5.74) is 7.14. The lowest BCUT2D eigenvalue weighted by molar-refractivity contribution is -0.933. The number of nitrogens with zero attached hydrogens (tertiary/aromatic N) is 3. The van der Waals surface area contributed by atoms with Crippen molar-refractivity contribution in [2.45, 2.75) is 32.0 Å². The Morgan fingerprint density at radius 1 is 1.30 bits per heavy atom. The van der Waals surface area contributed by atoms with Gasteiger partial charge < -0.3 is 15.2 Å². The maximum absolute atomic E-state index is 12.9. The summed E-state index contributed by atoms with van der Waals surface area (Å²) in [5.74, 6) is 0.0828. The minimum Gasteiger partial charge on any atom is -0.368 e. The fourth-order valence-electron chi connectivity index (χ4n) is 4.19. The van der Waals surface area contributed by atoms with Crippen molar-refractivity contribution >= 4 is 16.8 Å². The van der Waals surface area contributed by atoms with E-state index in [9.17, 15) is 9.59 Å². The number of aromatic nitrogens is 3. The molecule has 3 heterocycles. The molecule has 1 aliphatic heterocycles. The number of hydrogen-bond acceptors (Lipinski definition) is 3. The first-order chi connectivity index (χ1) is 13.0. The number of nitrogens with one attached hydrogen (secondary N) is 1. The smallest absolute Gasteiger partial charge is 0.262 e. The number of fused-ring (bicyclic) bond motifs is 1. The van der Waals surface area contributed by atoms with Gasteiger partial charge in [-0.25, -0.2) is 4.98 Å². The van der Waals surface area contributed by atoms with Crippen molar-refractivity contribution in [2.24, 2.45) is 12.8 Å². The highest BCUT2D eigenvalue weighted by Gasteiger charge is 2.33. The summed E-state index contributed by atoms with van der Waals surface area (Å²) in [4.78, 5) is 30.6. The summed E-state index contributed by atoms with van der Waals surface area (Å²) in [6.45, 7) is 1.45. The van der Waals surface area contributed by atoms with E-state index in [1.54, 1.807) is 12.1 Å². The number of nitrogens with two attached hydrogens (primary N) is 1. The highest BCUT2D eigenvalue weighted by molar-refractivity contribution is 5.78. The minimum atomic E-state index is -0.536. The highest BCUT2D eigenvalue weighted by Crippen LogP contribution is 2.19. The van der Waals surface area contributed by atoms with Gasteiger partial charge in [-0.2, -0.15) is 0 Å². The first-order valence-corrected chi connectivity index (χ1v) is 9.27. The Hall–Kier alpha value is -2.93. The molecule has 1 amide bonds. The van der Waals surface area contributed by atoms with E-state index in [-0.39, 0.29) is 12.1 Å². The summed E-state index contributed by atoms with van der Waals surface area (Å²) in [5, 5.41) is 0.512. The van der Waals surface area contributed by atoms with E-state index in [4.69, 9.17) is 10.7 Å². The molecule has 7 heteroatoms. The van der Waals surface area contributed by atoms with Gasteiger partial charge in [0.15, 0.2) is 5.82 Å². The van der Waals surface area contributed by atoms with Crippen LogP contribution in [0.1, 0.15) is 30.4 Å². The molecular formula is C20H24N5O2+. The van der Waals surface area contributed by atoms with E-state index < -0.39 is 5.91 Å². The molecule has 3 aromatic rings. The van der Waals surface area contributed by atoms with Gasteiger partial charge in [-0.1, -0.05) is 12.1 Å². The molecule has 4 rings (SSSR count). The first kappa shape index (κ1) is 17.5. The van der Waals surface area contributed by atoms with Gasteiger partial charge in [0.2, 0.25) is 5.91 Å². The van der Waals surface area contributed by atoms with Gasteiger partial charge in [0.05, 0.1) is 23.1 Å². The summed E-state index contributed by atoms with van der Waals surface area (Å²) < 4.78 is 3.60. The lowest BCUT2D eigenvalue weighted by Gasteiger charge is -2.23. The van der Waals surface area contributed by atoms with Gasteiger partial charge >= 0.3 is 0 Å². The number of amides is 1. The zero-order valence-corrected chi connectivity index (χ0v) is 15.4. The number of carbonyl (C=O) groups excluding carboxylic acids is 1. The van der Waals surface area contributed by atoms with E-state index in [1.807, 2.05) is 12.1 Å². The van der Waals surface area contributed by atoms with Crippen LogP contribution in [0.25, 0.3) is 10.9 Å². The van der Waals surface area contributed by atoms with E-state index in [0.717, 1.165) is 19.4 Å².